The van der Waals surface area contributed by atoms with Gasteiger partial charge in [0.1, 0.15) is 5.70 Å². The van der Waals surface area contributed by atoms with Gasteiger partial charge >= 0.3 is 5.97 Å². The van der Waals surface area contributed by atoms with Gasteiger partial charge in [0.15, 0.2) is 0 Å². The second-order valence-electron chi connectivity index (χ2n) is 4.84. The molecular weight excluding hydrogens is 342 g/mol. The average molecular weight is 356 g/mol. The topological polar surface area (TPSA) is 122 Å². The van der Waals surface area contributed by atoms with Crippen LogP contribution in [0.25, 0.3) is 0 Å². The van der Waals surface area contributed by atoms with Crippen LogP contribution in [0.5, 0.6) is 0 Å². The van der Waals surface area contributed by atoms with E-state index in [9.17, 15) is 19.7 Å². The first-order chi connectivity index (χ1) is 11.4. The second-order valence-corrected chi connectivity index (χ2v) is 5.25. The first-order valence-corrected chi connectivity index (χ1v) is 7.19. The number of aliphatic hydroxyl groups is 1. The summed E-state index contributed by atoms with van der Waals surface area (Å²) in [6.45, 7) is -0.279. The summed E-state index contributed by atoms with van der Waals surface area (Å²) >= 11 is 6.00. The molecule has 0 fully saturated rings. The number of carbonyl (C=O) groups is 2. The van der Waals surface area contributed by atoms with Gasteiger partial charge < -0.3 is 20.1 Å². The molecule has 1 aromatic rings. The third kappa shape index (κ3) is 3.47. The molecule has 1 amide bonds. The van der Waals surface area contributed by atoms with Gasteiger partial charge in [-0.2, -0.15) is 0 Å². The minimum Gasteiger partial charge on any atom is -0.466 e. The highest BCUT2D eigenvalue weighted by Crippen LogP contribution is 2.30. The van der Waals surface area contributed by atoms with E-state index in [0.29, 0.717) is 0 Å². The number of nitrogens with zero attached hydrogens (tertiary/aromatic N) is 2. The molecule has 0 bridgehead atoms. The molecule has 0 saturated heterocycles. The van der Waals surface area contributed by atoms with Crippen LogP contribution in [0.2, 0.25) is 5.02 Å². The number of non-ortho nitro benzene ring substituents is 1. The van der Waals surface area contributed by atoms with E-state index in [0.717, 1.165) is 6.07 Å². The van der Waals surface area contributed by atoms with Gasteiger partial charge in [0, 0.05) is 18.7 Å². The number of nitrogens with one attached hydrogen (secondary N) is 1. The highest BCUT2D eigenvalue weighted by Gasteiger charge is 2.34. The molecule has 0 aliphatic carbocycles. The molecule has 1 heterocycles. The van der Waals surface area contributed by atoms with Crippen LogP contribution in [-0.2, 0) is 14.3 Å². The SMILES string of the molecule is COC(=O)C1=C(Nc2cc([N+](=O)[O-])ccc2Cl)C(=O)N(CCO)C1. The maximum Gasteiger partial charge on any atom is 0.337 e. The van der Waals surface area contributed by atoms with Crippen molar-refractivity contribution in [3.63, 3.8) is 0 Å². The summed E-state index contributed by atoms with van der Waals surface area (Å²) in [4.78, 5) is 35.7. The lowest BCUT2D eigenvalue weighted by Crippen LogP contribution is -2.31. The number of methoxy groups -OCH3 is 1. The molecule has 2 rings (SSSR count). The Morgan fingerprint density at radius 1 is 1.54 bits per heavy atom. The maximum atomic E-state index is 12.4. The lowest BCUT2D eigenvalue weighted by Gasteiger charge is -2.15. The largest absolute Gasteiger partial charge is 0.466 e. The van der Waals surface area contributed by atoms with Crippen LogP contribution in [0.15, 0.2) is 29.5 Å². The van der Waals surface area contributed by atoms with E-state index in [1.807, 2.05) is 0 Å². The fourth-order valence-electron chi connectivity index (χ4n) is 2.21. The van der Waals surface area contributed by atoms with Crippen LogP contribution < -0.4 is 5.32 Å². The fourth-order valence-corrected chi connectivity index (χ4v) is 2.37. The van der Waals surface area contributed by atoms with Crippen molar-refractivity contribution in [3.8, 4) is 0 Å². The first kappa shape index (κ1) is 17.7. The van der Waals surface area contributed by atoms with Crippen LogP contribution in [0.1, 0.15) is 0 Å². The van der Waals surface area contributed by atoms with Crippen molar-refractivity contribution in [1.82, 2.24) is 4.90 Å². The zero-order valence-electron chi connectivity index (χ0n) is 12.6. The maximum absolute atomic E-state index is 12.4. The molecule has 1 aliphatic heterocycles. The number of hydrogen-bond acceptors (Lipinski definition) is 7. The summed E-state index contributed by atoms with van der Waals surface area (Å²) in [6, 6.07) is 3.69. The predicted octanol–water partition coefficient (Wildman–Crippen LogP) is 0.922. The number of anilines is 1. The summed E-state index contributed by atoms with van der Waals surface area (Å²) in [5, 5.41) is 22.7. The van der Waals surface area contributed by atoms with Crippen molar-refractivity contribution >= 4 is 34.9 Å². The summed E-state index contributed by atoms with van der Waals surface area (Å²) in [5.41, 5.74) is -0.141. The van der Waals surface area contributed by atoms with Gasteiger partial charge in [-0.3, -0.25) is 14.9 Å². The molecule has 128 valence electrons. The van der Waals surface area contributed by atoms with Gasteiger partial charge in [0.25, 0.3) is 11.6 Å². The molecule has 0 atom stereocenters. The van der Waals surface area contributed by atoms with Gasteiger partial charge in [0.05, 0.1) is 41.5 Å². The van der Waals surface area contributed by atoms with Crippen LogP contribution in [-0.4, -0.2) is 53.6 Å². The number of aliphatic hydroxyl groups excluding tert-OH is 1. The molecule has 10 heteroatoms. The first-order valence-electron chi connectivity index (χ1n) is 6.81. The minimum atomic E-state index is -0.715. The molecular formula is C14H14ClN3O6. The number of carbonyl (C=O) groups excluding carboxylic acids is 2. The van der Waals surface area contributed by atoms with Gasteiger partial charge in [-0.15, -0.1) is 0 Å². The van der Waals surface area contributed by atoms with E-state index in [1.54, 1.807) is 0 Å². The average Bonchev–Trinajstić information content (AvgIpc) is 2.85. The number of ether oxygens (including phenoxy) is 1. The lowest BCUT2D eigenvalue weighted by molar-refractivity contribution is -0.384. The van der Waals surface area contributed by atoms with Crippen molar-refractivity contribution in [2.75, 3.05) is 32.1 Å². The number of nitro benzene ring substituents is 1. The second kappa shape index (κ2) is 7.28. The normalized spacial score (nSPS) is 14.1. The number of esters is 1. The third-order valence-corrected chi connectivity index (χ3v) is 3.70. The molecule has 24 heavy (non-hydrogen) atoms. The summed E-state index contributed by atoms with van der Waals surface area (Å²) < 4.78 is 4.65. The minimum absolute atomic E-state index is 0.0349. The lowest BCUT2D eigenvalue weighted by atomic mass is 10.2. The highest BCUT2D eigenvalue weighted by molar-refractivity contribution is 6.33. The number of nitro groups is 1. The standard InChI is InChI=1S/C14H14ClN3O6/c1-24-14(21)9-7-17(4-5-19)13(20)12(9)16-11-6-8(18(22)23)2-3-10(11)15/h2-3,6,16,19H,4-5,7H2,1H3. The molecule has 0 spiro atoms. The molecule has 0 unspecified atom stereocenters. The Balaban J connectivity index is 2.40. The predicted molar refractivity (Wildman–Crippen MR) is 84.4 cm³/mol. The Morgan fingerprint density at radius 2 is 2.25 bits per heavy atom. The zero-order chi connectivity index (χ0) is 17.9. The van der Waals surface area contributed by atoms with Crippen molar-refractivity contribution in [2.24, 2.45) is 0 Å². The van der Waals surface area contributed by atoms with E-state index < -0.39 is 16.8 Å². The number of hydrogen-bond donors (Lipinski definition) is 2. The van der Waals surface area contributed by atoms with E-state index in [1.165, 1.54) is 24.1 Å². The van der Waals surface area contributed by atoms with Crippen molar-refractivity contribution < 1.29 is 24.4 Å². The molecule has 1 aliphatic rings. The van der Waals surface area contributed by atoms with Crippen LogP contribution >= 0.6 is 11.6 Å². The quantitative estimate of drug-likeness (QED) is 0.442. The molecule has 0 radical (unpaired) electrons. The Hall–Kier alpha value is -2.65. The number of amides is 1. The number of benzene rings is 1. The third-order valence-electron chi connectivity index (χ3n) is 3.37. The number of rotatable bonds is 6. The molecule has 2 N–H and O–H groups in total. The van der Waals surface area contributed by atoms with Crippen LogP contribution in [0.3, 0.4) is 0 Å². The van der Waals surface area contributed by atoms with E-state index in [2.05, 4.69) is 10.1 Å². The Kier molecular flexibility index (Phi) is 5.37. The van der Waals surface area contributed by atoms with Gasteiger partial charge in [-0.1, -0.05) is 11.6 Å². The van der Waals surface area contributed by atoms with Gasteiger partial charge in [0.2, 0.25) is 0 Å². The van der Waals surface area contributed by atoms with E-state index in [4.69, 9.17) is 16.7 Å². The summed E-state index contributed by atoms with van der Waals surface area (Å²) in [7, 11) is 1.17. The van der Waals surface area contributed by atoms with Crippen molar-refractivity contribution in [2.45, 2.75) is 0 Å². The van der Waals surface area contributed by atoms with E-state index >= 15 is 0 Å². The molecule has 9 nitrogen and oxygen atoms in total. The Labute approximate surface area is 141 Å². The Morgan fingerprint density at radius 3 is 2.83 bits per heavy atom. The van der Waals surface area contributed by atoms with Gasteiger partial charge in [-0.25, -0.2) is 4.79 Å². The van der Waals surface area contributed by atoms with Crippen LogP contribution in [0.4, 0.5) is 11.4 Å². The van der Waals surface area contributed by atoms with Crippen LogP contribution in [0, 0.1) is 10.1 Å². The van der Waals surface area contributed by atoms with Crippen molar-refractivity contribution in [3.05, 3.63) is 44.6 Å². The molecule has 1 aromatic carbocycles. The Bertz CT molecular complexity index is 733. The number of halogens is 1. The monoisotopic (exact) mass is 355 g/mol. The number of β-amino-alcohol motifs (C(OH)–C–C–N with tert-alkyl or cyclic N) is 1. The molecule has 0 aromatic heterocycles. The summed E-state index contributed by atoms with van der Waals surface area (Å²) in [5.74, 6) is -1.25. The smallest absolute Gasteiger partial charge is 0.337 e. The zero-order valence-corrected chi connectivity index (χ0v) is 13.4. The fraction of sp³-hybridized carbons (Fsp3) is 0.286. The van der Waals surface area contributed by atoms with Gasteiger partial charge in [-0.05, 0) is 6.07 Å². The van der Waals surface area contributed by atoms with Crippen molar-refractivity contribution in [1.29, 1.82) is 0 Å². The van der Waals surface area contributed by atoms with E-state index in [-0.39, 0.29) is 47.4 Å². The molecule has 0 saturated carbocycles. The highest BCUT2D eigenvalue weighted by atomic mass is 35.5. The summed E-state index contributed by atoms with van der Waals surface area (Å²) in [6.07, 6.45) is 0.